The van der Waals surface area contributed by atoms with Crippen LogP contribution in [0.4, 0.5) is 8.78 Å². The third-order valence-corrected chi connectivity index (χ3v) is 4.94. The Labute approximate surface area is 170 Å². The molecular formula is C20H27ClF2N4O. The van der Waals surface area contributed by atoms with Gasteiger partial charge in [0.05, 0.1) is 11.1 Å². The second-order valence-corrected chi connectivity index (χ2v) is 8.01. The summed E-state index contributed by atoms with van der Waals surface area (Å²) in [5, 5.41) is 7.70. The van der Waals surface area contributed by atoms with E-state index in [1.54, 1.807) is 15.8 Å². The fourth-order valence-electron chi connectivity index (χ4n) is 3.32. The van der Waals surface area contributed by atoms with Gasteiger partial charge in [-0.1, -0.05) is 0 Å². The summed E-state index contributed by atoms with van der Waals surface area (Å²) >= 11 is 0. The molecule has 3 rings (SSSR count). The van der Waals surface area contributed by atoms with Crippen LogP contribution in [0.25, 0.3) is 11.3 Å². The third-order valence-electron chi connectivity index (χ3n) is 4.94. The Morgan fingerprint density at radius 3 is 2.61 bits per heavy atom. The van der Waals surface area contributed by atoms with Crippen molar-refractivity contribution in [2.24, 2.45) is 0 Å². The molecule has 1 aromatic carbocycles. The van der Waals surface area contributed by atoms with E-state index in [2.05, 4.69) is 10.4 Å². The van der Waals surface area contributed by atoms with E-state index < -0.39 is 11.6 Å². The van der Waals surface area contributed by atoms with Crippen LogP contribution in [0.1, 0.15) is 44.0 Å². The zero-order valence-electron chi connectivity index (χ0n) is 16.6. The molecule has 1 aliphatic heterocycles. The SMILES string of the molecule is CNC1CCCN(C(=O)c2cn(C(C)(C)C)nc2-c2ccc(F)cc2F)C1.Cl. The average molecular weight is 413 g/mol. The molecule has 1 aliphatic rings. The van der Waals surface area contributed by atoms with Crippen LogP contribution >= 0.6 is 12.4 Å². The summed E-state index contributed by atoms with van der Waals surface area (Å²) in [6.45, 7) is 7.12. The van der Waals surface area contributed by atoms with Crippen LogP contribution in [0.15, 0.2) is 24.4 Å². The maximum Gasteiger partial charge on any atom is 0.257 e. The molecule has 5 nitrogen and oxygen atoms in total. The summed E-state index contributed by atoms with van der Waals surface area (Å²) in [4.78, 5) is 15.0. The van der Waals surface area contributed by atoms with Crippen LogP contribution in [0.3, 0.4) is 0 Å². The van der Waals surface area contributed by atoms with E-state index in [1.807, 2.05) is 27.8 Å². The number of aromatic nitrogens is 2. The molecule has 0 radical (unpaired) electrons. The lowest BCUT2D eigenvalue weighted by atomic mass is 10.0. The average Bonchev–Trinajstić information content (AvgIpc) is 3.06. The van der Waals surface area contributed by atoms with E-state index in [1.165, 1.54) is 12.1 Å². The molecule has 0 spiro atoms. The molecule has 28 heavy (non-hydrogen) atoms. The second-order valence-electron chi connectivity index (χ2n) is 8.01. The Morgan fingerprint density at radius 2 is 2.00 bits per heavy atom. The number of hydrogen-bond acceptors (Lipinski definition) is 3. The Morgan fingerprint density at radius 1 is 1.29 bits per heavy atom. The van der Waals surface area contributed by atoms with Gasteiger partial charge >= 0.3 is 0 Å². The zero-order chi connectivity index (χ0) is 19.8. The first-order valence-electron chi connectivity index (χ1n) is 9.23. The predicted octanol–water partition coefficient (Wildman–Crippen LogP) is 3.83. The van der Waals surface area contributed by atoms with Crippen molar-refractivity contribution in [3.8, 4) is 11.3 Å². The maximum atomic E-state index is 14.4. The minimum atomic E-state index is -0.727. The molecule has 8 heteroatoms. The van der Waals surface area contributed by atoms with Crippen LogP contribution in [0, 0.1) is 11.6 Å². The van der Waals surface area contributed by atoms with Crippen LogP contribution < -0.4 is 5.32 Å². The van der Waals surface area contributed by atoms with Crippen molar-refractivity contribution in [2.45, 2.75) is 45.2 Å². The van der Waals surface area contributed by atoms with Gasteiger partial charge in [0.25, 0.3) is 5.91 Å². The first kappa shape index (κ1) is 22.3. The van der Waals surface area contributed by atoms with Gasteiger partial charge in [-0.05, 0) is 52.8 Å². The molecule has 1 atom stereocenters. The molecule has 1 aromatic heterocycles. The van der Waals surface area contributed by atoms with E-state index >= 15 is 0 Å². The number of nitrogens with zero attached hydrogens (tertiary/aromatic N) is 3. The predicted molar refractivity (Wildman–Crippen MR) is 108 cm³/mol. The van der Waals surface area contributed by atoms with Crippen LogP contribution in [0.5, 0.6) is 0 Å². The standard InChI is InChI=1S/C20H26F2N4O.ClH/c1-20(2,3)26-12-16(19(27)25-9-5-6-14(11-25)23-4)18(24-26)15-8-7-13(21)10-17(15)22;/h7-8,10,12,14,23H,5-6,9,11H2,1-4H3;1H. The Balaban J connectivity index is 0.00000280. The fourth-order valence-corrected chi connectivity index (χ4v) is 3.32. The van der Waals surface area contributed by atoms with Crippen molar-refractivity contribution in [1.82, 2.24) is 20.0 Å². The Hall–Kier alpha value is -1.99. The van der Waals surface area contributed by atoms with Gasteiger partial charge in [0, 0.05) is 37.0 Å². The monoisotopic (exact) mass is 412 g/mol. The summed E-state index contributed by atoms with van der Waals surface area (Å²) < 4.78 is 29.4. The molecule has 1 N–H and O–H groups in total. The van der Waals surface area contributed by atoms with Crippen molar-refractivity contribution in [3.05, 3.63) is 41.6 Å². The third kappa shape index (κ3) is 4.52. The fraction of sp³-hybridized carbons (Fsp3) is 0.500. The van der Waals surface area contributed by atoms with Gasteiger partial charge in [-0.25, -0.2) is 8.78 Å². The lowest BCUT2D eigenvalue weighted by molar-refractivity contribution is 0.0698. The number of benzene rings is 1. The van der Waals surface area contributed by atoms with E-state index in [-0.39, 0.29) is 41.2 Å². The van der Waals surface area contributed by atoms with Crippen LogP contribution in [-0.4, -0.2) is 46.8 Å². The second kappa shape index (κ2) is 8.57. The van der Waals surface area contributed by atoms with E-state index in [0.717, 1.165) is 18.9 Å². The largest absolute Gasteiger partial charge is 0.337 e. The normalized spacial score (nSPS) is 17.4. The van der Waals surface area contributed by atoms with Crippen molar-refractivity contribution >= 4 is 18.3 Å². The number of piperidine rings is 1. The number of halogens is 3. The maximum absolute atomic E-state index is 14.4. The number of likely N-dealkylation sites (tertiary alicyclic amines) is 1. The summed E-state index contributed by atoms with van der Waals surface area (Å²) in [5.74, 6) is -1.56. The van der Waals surface area contributed by atoms with Gasteiger partial charge < -0.3 is 10.2 Å². The highest BCUT2D eigenvalue weighted by atomic mass is 35.5. The van der Waals surface area contributed by atoms with Crippen molar-refractivity contribution in [1.29, 1.82) is 0 Å². The Kier molecular flexibility index (Phi) is 6.83. The number of carbonyl (C=O) groups excluding carboxylic acids is 1. The van der Waals surface area contributed by atoms with Gasteiger partial charge in [0.15, 0.2) is 0 Å². The lowest BCUT2D eigenvalue weighted by Gasteiger charge is -2.32. The molecule has 154 valence electrons. The van der Waals surface area contributed by atoms with Crippen molar-refractivity contribution in [3.63, 3.8) is 0 Å². The molecule has 2 heterocycles. The highest BCUT2D eigenvalue weighted by Gasteiger charge is 2.29. The smallest absolute Gasteiger partial charge is 0.257 e. The number of likely N-dealkylation sites (N-methyl/N-ethyl adjacent to an activating group) is 1. The minimum absolute atomic E-state index is 0. The summed E-state index contributed by atoms with van der Waals surface area (Å²) in [5.41, 5.74) is 0.343. The van der Waals surface area contributed by atoms with E-state index in [4.69, 9.17) is 0 Å². The van der Waals surface area contributed by atoms with E-state index in [0.29, 0.717) is 18.7 Å². The van der Waals surface area contributed by atoms with Gasteiger partial charge in [-0.3, -0.25) is 9.48 Å². The molecular weight excluding hydrogens is 386 g/mol. The highest BCUT2D eigenvalue weighted by molar-refractivity contribution is 6.00. The van der Waals surface area contributed by atoms with Gasteiger partial charge in [0.2, 0.25) is 0 Å². The lowest BCUT2D eigenvalue weighted by Crippen LogP contribution is -2.47. The summed E-state index contributed by atoms with van der Waals surface area (Å²) in [6.07, 6.45) is 3.59. The first-order valence-corrected chi connectivity index (χ1v) is 9.23. The molecule has 0 aliphatic carbocycles. The molecule has 1 fully saturated rings. The highest BCUT2D eigenvalue weighted by Crippen LogP contribution is 2.29. The van der Waals surface area contributed by atoms with E-state index in [9.17, 15) is 13.6 Å². The number of amides is 1. The number of hydrogen-bond donors (Lipinski definition) is 1. The minimum Gasteiger partial charge on any atom is -0.337 e. The molecule has 1 unspecified atom stereocenters. The first-order chi connectivity index (χ1) is 12.7. The van der Waals surface area contributed by atoms with Gasteiger partial charge in [-0.15, -0.1) is 12.4 Å². The van der Waals surface area contributed by atoms with Crippen molar-refractivity contribution in [2.75, 3.05) is 20.1 Å². The molecule has 1 saturated heterocycles. The van der Waals surface area contributed by atoms with Gasteiger partial charge in [-0.2, -0.15) is 5.10 Å². The quantitative estimate of drug-likeness (QED) is 0.833. The van der Waals surface area contributed by atoms with Crippen LogP contribution in [0.2, 0.25) is 0 Å². The number of nitrogens with one attached hydrogen (secondary N) is 1. The Bertz CT molecular complexity index is 847. The summed E-state index contributed by atoms with van der Waals surface area (Å²) in [7, 11) is 1.88. The molecule has 0 bridgehead atoms. The topological polar surface area (TPSA) is 50.2 Å². The zero-order valence-corrected chi connectivity index (χ0v) is 17.4. The van der Waals surface area contributed by atoms with Crippen LogP contribution in [-0.2, 0) is 5.54 Å². The van der Waals surface area contributed by atoms with Gasteiger partial charge in [0.1, 0.15) is 17.3 Å². The number of carbonyl (C=O) groups is 1. The van der Waals surface area contributed by atoms with Crippen molar-refractivity contribution < 1.29 is 13.6 Å². The summed E-state index contributed by atoms with van der Waals surface area (Å²) in [6, 6.07) is 3.58. The molecule has 1 amide bonds. The number of rotatable bonds is 3. The molecule has 2 aromatic rings. The molecule has 0 saturated carbocycles.